The number of amides is 2. The van der Waals surface area contributed by atoms with Crippen molar-refractivity contribution < 1.29 is 23.5 Å². The van der Waals surface area contributed by atoms with E-state index in [-0.39, 0.29) is 33.7 Å². The highest BCUT2D eigenvalue weighted by molar-refractivity contribution is 7.21. The molecule has 9 nitrogen and oxygen atoms in total. The van der Waals surface area contributed by atoms with Crippen LogP contribution in [0.1, 0.15) is 50.8 Å². The van der Waals surface area contributed by atoms with Gasteiger partial charge < -0.3 is 32.2 Å². The Hall–Kier alpha value is -4.58. The smallest absolute Gasteiger partial charge is 0.262 e. The van der Waals surface area contributed by atoms with E-state index in [0.29, 0.717) is 52.2 Å². The SMILES string of the molecule is C=CC(=O)N1CCCC(NC(=O)c2sc3c(N)ccc4c3c2C(N)C(=O)C4(N)c2ccc(Oc3ccccc3)c(F)c2C)C1. The Kier molecular flexibility index (Phi) is 7.48. The maximum atomic E-state index is 15.8. The molecule has 1 fully saturated rings. The molecule has 1 aliphatic heterocycles. The van der Waals surface area contributed by atoms with Crippen LogP contribution in [0.5, 0.6) is 11.5 Å². The molecule has 226 valence electrons. The summed E-state index contributed by atoms with van der Waals surface area (Å²) in [5.74, 6) is -1.40. The van der Waals surface area contributed by atoms with E-state index in [2.05, 4.69) is 11.9 Å². The molecule has 0 bridgehead atoms. The number of halogens is 1. The van der Waals surface area contributed by atoms with Gasteiger partial charge in [-0.05, 0) is 66.8 Å². The van der Waals surface area contributed by atoms with E-state index in [0.717, 1.165) is 17.8 Å². The zero-order valence-corrected chi connectivity index (χ0v) is 24.9. The van der Waals surface area contributed by atoms with Crippen molar-refractivity contribution in [2.45, 2.75) is 37.4 Å². The van der Waals surface area contributed by atoms with Crippen molar-refractivity contribution in [1.29, 1.82) is 0 Å². The summed E-state index contributed by atoms with van der Waals surface area (Å²) < 4.78 is 22.1. The molecule has 1 saturated heterocycles. The van der Waals surface area contributed by atoms with Gasteiger partial charge in [-0.1, -0.05) is 36.9 Å². The minimum Gasteiger partial charge on any atom is -0.454 e. The van der Waals surface area contributed by atoms with Gasteiger partial charge in [0.05, 0.1) is 15.6 Å². The van der Waals surface area contributed by atoms with Gasteiger partial charge in [-0.2, -0.15) is 0 Å². The number of nitrogens with zero attached hydrogens (tertiary/aromatic N) is 1. The number of carbonyl (C=O) groups is 3. The summed E-state index contributed by atoms with van der Waals surface area (Å²) in [4.78, 5) is 41.9. The molecule has 3 atom stereocenters. The molecule has 0 saturated carbocycles. The largest absolute Gasteiger partial charge is 0.454 e. The van der Waals surface area contributed by atoms with Gasteiger partial charge in [0.15, 0.2) is 17.3 Å². The van der Waals surface area contributed by atoms with E-state index < -0.39 is 29.1 Å². The van der Waals surface area contributed by atoms with E-state index in [1.54, 1.807) is 47.4 Å². The molecule has 11 heteroatoms. The number of carbonyl (C=O) groups excluding carboxylic acids is 3. The van der Waals surface area contributed by atoms with E-state index in [1.165, 1.54) is 19.1 Å². The number of benzene rings is 3. The maximum Gasteiger partial charge on any atom is 0.262 e. The molecule has 3 unspecified atom stereocenters. The standard InChI is InChI=1S/C33H32FN5O4S/c1-3-24(40)39-15-7-8-18(16-39)38-32(42)30-26-25-21(11-13-22(35)29(25)44-30)33(37,31(41)28(26)36)20-12-14-23(27(34)17(20)2)43-19-9-5-4-6-10-19/h3-6,9-14,18,28H,1,7-8,15-16,35-37H2,2H3,(H,38,42). The van der Waals surface area contributed by atoms with Gasteiger partial charge in [0.2, 0.25) is 5.91 Å². The number of anilines is 1. The summed E-state index contributed by atoms with van der Waals surface area (Å²) in [5.41, 5.74) is 19.6. The number of ether oxygens (including phenoxy) is 1. The molecule has 2 aliphatic rings. The van der Waals surface area contributed by atoms with Crippen molar-refractivity contribution in [2.75, 3.05) is 18.8 Å². The third kappa shape index (κ3) is 4.64. The van der Waals surface area contributed by atoms with E-state index >= 15 is 4.39 Å². The van der Waals surface area contributed by atoms with Gasteiger partial charge in [0, 0.05) is 35.8 Å². The van der Waals surface area contributed by atoms with Crippen LogP contribution >= 0.6 is 11.3 Å². The van der Waals surface area contributed by atoms with Crippen LogP contribution in [0.25, 0.3) is 10.1 Å². The number of hydrogen-bond acceptors (Lipinski definition) is 8. The summed E-state index contributed by atoms with van der Waals surface area (Å²) in [6.45, 7) is 6.02. The number of likely N-dealkylation sites (tertiary alicyclic amines) is 1. The Morgan fingerprint density at radius 1 is 1.16 bits per heavy atom. The fourth-order valence-corrected chi connectivity index (χ4v) is 7.49. The Morgan fingerprint density at radius 2 is 1.89 bits per heavy atom. The first-order chi connectivity index (χ1) is 21.1. The average molecular weight is 614 g/mol. The second-order valence-corrected chi connectivity index (χ2v) is 12.2. The summed E-state index contributed by atoms with van der Waals surface area (Å²) in [6, 6.07) is 13.5. The summed E-state index contributed by atoms with van der Waals surface area (Å²) in [6.07, 6.45) is 2.66. The Bertz CT molecular complexity index is 1840. The Morgan fingerprint density at radius 3 is 2.61 bits per heavy atom. The summed E-state index contributed by atoms with van der Waals surface area (Å²) in [7, 11) is 0. The van der Waals surface area contributed by atoms with Gasteiger partial charge in [-0.3, -0.25) is 14.4 Å². The molecule has 7 N–H and O–H groups in total. The Balaban J connectivity index is 1.41. The van der Waals surface area contributed by atoms with Crippen LogP contribution in [0.4, 0.5) is 10.1 Å². The molecule has 3 aromatic carbocycles. The van der Waals surface area contributed by atoms with Crippen LogP contribution in [-0.4, -0.2) is 41.6 Å². The number of thiophene rings is 1. The molecular formula is C33H32FN5O4S. The van der Waals surface area contributed by atoms with E-state index in [9.17, 15) is 14.4 Å². The topological polar surface area (TPSA) is 154 Å². The normalized spacial score (nSPS) is 21.3. The highest BCUT2D eigenvalue weighted by atomic mass is 32.1. The number of hydrogen-bond donors (Lipinski definition) is 4. The van der Waals surface area contributed by atoms with Gasteiger partial charge in [-0.25, -0.2) is 4.39 Å². The van der Waals surface area contributed by atoms with Gasteiger partial charge >= 0.3 is 0 Å². The highest BCUT2D eigenvalue weighted by Gasteiger charge is 2.50. The van der Waals surface area contributed by atoms with Crippen LogP contribution in [0.3, 0.4) is 0 Å². The molecule has 44 heavy (non-hydrogen) atoms. The van der Waals surface area contributed by atoms with Crippen LogP contribution in [0.15, 0.2) is 67.3 Å². The van der Waals surface area contributed by atoms with Crippen LogP contribution in [0.2, 0.25) is 0 Å². The molecular weight excluding hydrogens is 581 g/mol. The molecule has 4 aromatic rings. The monoisotopic (exact) mass is 613 g/mol. The maximum absolute atomic E-state index is 15.8. The number of ketones is 1. The Labute approximate surface area is 257 Å². The van der Waals surface area contributed by atoms with Gasteiger partial charge in [-0.15, -0.1) is 11.3 Å². The predicted molar refractivity (Wildman–Crippen MR) is 168 cm³/mol. The van der Waals surface area contributed by atoms with Crippen molar-refractivity contribution in [2.24, 2.45) is 11.5 Å². The summed E-state index contributed by atoms with van der Waals surface area (Å²) >= 11 is 1.13. The van der Waals surface area contributed by atoms with Crippen molar-refractivity contribution in [3.63, 3.8) is 0 Å². The first kappa shape index (κ1) is 29.5. The third-order valence-electron chi connectivity index (χ3n) is 8.51. The van der Waals surface area contributed by atoms with E-state index in [4.69, 9.17) is 21.9 Å². The fraction of sp³-hybridized carbons (Fsp3) is 0.242. The van der Waals surface area contributed by atoms with Gasteiger partial charge in [0.25, 0.3) is 5.91 Å². The van der Waals surface area contributed by atoms with Crippen LogP contribution < -0.4 is 27.3 Å². The molecule has 1 aromatic heterocycles. The fourth-order valence-electron chi connectivity index (χ4n) is 6.28. The molecule has 0 radical (unpaired) electrons. The number of nitrogens with two attached hydrogens (primary N) is 3. The second-order valence-electron chi connectivity index (χ2n) is 11.2. The molecule has 0 spiro atoms. The van der Waals surface area contributed by atoms with Crippen LogP contribution in [0, 0.1) is 12.7 Å². The lowest BCUT2D eigenvalue weighted by molar-refractivity contribution is -0.127. The van der Waals surface area contributed by atoms with Crippen molar-refractivity contribution in [3.05, 3.63) is 100 Å². The minimum atomic E-state index is -1.82. The zero-order valence-electron chi connectivity index (χ0n) is 24.1. The second kappa shape index (κ2) is 11.2. The molecule has 2 amide bonds. The molecule has 1 aliphatic carbocycles. The van der Waals surface area contributed by atoms with E-state index in [1.807, 2.05) is 6.07 Å². The van der Waals surface area contributed by atoms with Crippen molar-refractivity contribution >= 4 is 44.7 Å². The number of para-hydroxylation sites is 1. The highest BCUT2D eigenvalue weighted by Crippen LogP contribution is 2.50. The predicted octanol–water partition coefficient (Wildman–Crippen LogP) is 4.41. The number of nitrogens with one attached hydrogen (secondary N) is 1. The molecule has 2 heterocycles. The minimum absolute atomic E-state index is 0.0118. The number of piperidine rings is 1. The number of Topliss-reactive ketones (excluding diaryl/α,β-unsaturated/α-hetero) is 1. The summed E-state index contributed by atoms with van der Waals surface area (Å²) in [5, 5.41) is 3.53. The quantitative estimate of drug-likeness (QED) is 0.186. The van der Waals surface area contributed by atoms with Gasteiger partial charge in [0.1, 0.15) is 11.3 Å². The lowest BCUT2D eigenvalue weighted by Gasteiger charge is -2.37. The first-order valence-corrected chi connectivity index (χ1v) is 15.1. The zero-order chi connectivity index (χ0) is 31.3. The first-order valence-electron chi connectivity index (χ1n) is 14.2. The lowest BCUT2D eigenvalue weighted by Crippen LogP contribution is -2.53. The number of nitrogen functional groups attached to an aromatic ring is 1. The lowest BCUT2D eigenvalue weighted by atomic mass is 9.69. The third-order valence-corrected chi connectivity index (χ3v) is 9.76. The molecule has 6 rings (SSSR count). The van der Waals surface area contributed by atoms with Crippen molar-refractivity contribution in [1.82, 2.24) is 10.2 Å². The van der Waals surface area contributed by atoms with Crippen molar-refractivity contribution in [3.8, 4) is 11.5 Å². The van der Waals surface area contributed by atoms with Crippen LogP contribution in [-0.2, 0) is 15.1 Å². The number of rotatable bonds is 6. The average Bonchev–Trinajstić information content (AvgIpc) is 3.44.